The van der Waals surface area contributed by atoms with E-state index >= 15 is 0 Å². The molecule has 2 nitrogen and oxygen atoms in total. The molecule has 0 aromatic heterocycles. The summed E-state index contributed by atoms with van der Waals surface area (Å²) in [5.74, 6) is 0.739. The van der Waals surface area contributed by atoms with E-state index in [0.29, 0.717) is 5.41 Å². The minimum absolute atomic E-state index is 0.304. The molecule has 0 spiro atoms. The second-order valence-corrected chi connectivity index (χ2v) is 5.36. The van der Waals surface area contributed by atoms with E-state index in [2.05, 4.69) is 39.6 Å². The van der Waals surface area contributed by atoms with Crippen molar-refractivity contribution in [2.45, 2.75) is 40.5 Å². The summed E-state index contributed by atoms with van der Waals surface area (Å²) < 4.78 is 0. The highest BCUT2D eigenvalue weighted by molar-refractivity contribution is 4.78. The Labute approximate surface area is 89.9 Å². The Morgan fingerprint density at radius 3 is 2.29 bits per heavy atom. The lowest BCUT2D eigenvalue weighted by atomic mass is 9.85. The van der Waals surface area contributed by atoms with Gasteiger partial charge in [-0.3, -0.25) is 0 Å². The SMILES string of the molecule is CCCC(C)(CN)CN(C)CC(C)C. The lowest BCUT2D eigenvalue weighted by molar-refractivity contribution is 0.172. The normalized spacial score (nSPS) is 16.3. The molecule has 1 unspecified atom stereocenters. The fourth-order valence-electron chi connectivity index (χ4n) is 2.19. The molecule has 0 aliphatic carbocycles. The van der Waals surface area contributed by atoms with Gasteiger partial charge in [-0.25, -0.2) is 0 Å². The van der Waals surface area contributed by atoms with Gasteiger partial charge in [0.1, 0.15) is 0 Å². The number of nitrogens with zero attached hydrogens (tertiary/aromatic N) is 1. The van der Waals surface area contributed by atoms with Gasteiger partial charge in [0.2, 0.25) is 0 Å². The fourth-order valence-corrected chi connectivity index (χ4v) is 2.19. The third-order valence-corrected chi connectivity index (χ3v) is 2.67. The first-order chi connectivity index (χ1) is 6.43. The number of nitrogens with two attached hydrogens (primary N) is 1. The summed E-state index contributed by atoms with van der Waals surface area (Å²) in [5, 5.41) is 0. The van der Waals surface area contributed by atoms with Crippen LogP contribution in [0.4, 0.5) is 0 Å². The van der Waals surface area contributed by atoms with Crippen LogP contribution in [0, 0.1) is 11.3 Å². The van der Waals surface area contributed by atoms with E-state index in [1.165, 1.54) is 19.4 Å². The predicted octanol–water partition coefficient (Wildman–Crippen LogP) is 2.34. The van der Waals surface area contributed by atoms with Crippen molar-refractivity contribution in [2.24, 2.45) is 17.1 Å². The van der Waals surface area contributed by atoms with E-state index < -0.39 is 0 Å². The van der Waals surface area contributed by atoms with Crippen LogP contribution in [0.25, 0.3) is 0 Å². The lowest BCUT2D eigenvalue weighted by Crippen LogP contribution is -2.40. The molecular weight excluding hydrogens is 172 g/mol. The molecule has 0 fully saturated rings. The molecule has 0 aliphatic rings. The lowest BCUT2D eigenvalue weighted by Gasteiger charge is -2.33. The second kappa shape index (κ2) is 6.41. The van der Waals surface area contributed by atoms with Gasteiger partial charge in [-0.1, -0.05) is 34.1 Å². The Bertz CT molecular complexity index is 145. The molecule has 0 amide bonds. The Morgan fingerprint density at radius 1 is 1.36 bits per heavy atom. The minimum atomic E-state index is 0.304. The van der Waals surface area contributed by atoms with Crippen molar-refractivity contribution in [3.05, 3.63) is 0 Å². The van der Waals surface area contributed by atoms with Gasteiger partial charge in [0, 0.05) is 13.1 Å². The van der Waals surface area contributed by atoms with E-state index in [4.69, 9.17) is 5.73 Å². The van der Waals surface area contributed by atoms with E-state index in [-0.39, 0.29) is 0 Å². The molecule has 0 radical (unpaired) electrons. The highest BCUT2D eigenvalue weighted by Gasteiger charge is 2.23. The Balaban J connectivity index is 4.02. The van der Waals surface area contributed by atoms with Gasteiger partial charge in [0.25, 0.3) is 0 Å². The second-order valence-electron chi connectivity index (χ2n) is 5.36. The Hall–Kier alpha value is -0.0800. The summed E-state index contributed by atoms with van der Waals surface area (Å²) in [6.07, 6.45) is 2.45. The van der Waals surface area contributed by atoms with Crippen LogP contribution in [0.5, 0.6) is 0 Å². The molecule has 0 aliphatic heterocycles. The number of hydrogen-bond acceptors (Lipinski definition) is 2. The number of rotatable bonds is 7. The van der Waals surface area contributed by atoms with Crippen molar-refractivity contribution in [1.82, 2.24) is 4.90 Å². The molecule has 86 valence electrons. The molecule has 2 heteroatoms. The van der Waals surface area contributed by atoms with Gasteiger partial charge in [-0.05, 0) is 31.3 Å². The fraction of sp³-hybridized carbons (Fsp3) is 1.00. The average Bonchev–Trinajstić information content (AvgIpc) is 2.02. The summed E-state index contributed by atoms with van der Waals surface area (Å²) >= 11 is 0. The third kappa shape index (κ3) is 5.61. The highest BCUT2D eigenvalue weighted by Crippen LogP contribution is 2.22. The van der Waals surface area contributed by atoms with Gasteiger partial charge >= 0.3 is 0 Å². The summed E-state index contributed by atoms with van der Waals surface area (Å²) in [5.41, 5.74) is 6.15. The smallest absolute Gasteiger partial charge is 0.00445 e. The molecule has 0 heterocycles. The topological polar surface area (TPSA) is 29.3 Å². The predicted molar refractivity (Wildman–Crippen MR) is 64.4 cm³/mol. The van der Waals surface area contributed by atoms with Gasteiger partial charge in [0.05, 0.1) is 0 Å². The van der Waals surface area contributed by atoms with Crippen LogP contribution >= 0.6 is 0 Å². The number of hydrogen-bond donors (Lipinski definition) is 1. The van der Waals surface area contributed by atoms with Crippen LogP contribution in [0.2, 0.25) is 0 Å². The summed E-state index contributed by atoms with van der Waals surface area (Å²) in [4.78, 5) is 2.41. The first-order valence-electron chi connectivity index (χ1n) is 5.82. The van der Waals surface area contributed by atoms with E-state index in [0.717, 1.165) is 19.0 Å². The maximum atomic E-state index is 5.85. The van der Waals surface area contributed by atoms with Crippen LogP contribution in [-0.4, -0.2) is 31.6 Å². The highest BCUT2D eigenvalue weighted by atomic mass is 15.1. The zero-order valence-corrected chi connectivity index (χ0v) is 10.6. The van der Waals surface area contributed by atoms with Crippen molar-refractivity contribution in [3.8, 4) is 0 Å². The van der Waals surface area contributed by atoms with Crippen molar-refractivity contribution in [2.75, 3.05) is 26.7 Å². The minimum Gasteiger partial charge on any atom is -0.330 e. The molecule has 2 N–H and O–H groups in total. The monoisotopic (exact) mass is 200 g/mol. The average molecular weight is 200 g/mol. The van der Waals surface area contributed by atoms with Crippen molar-refractivity contribution in [1.29, 1.82) is 0 Å². The van der Waals surface area contributed by atoms with Crippen molar-refractivity contribution < 1.29 is 0 Å². The quantitative estimate of drug-likeness (QED) is 0.683. The van der Waals surface area contributed by atoms with Crippen molar-refractivity contribution in [3.63, 3.8) is 0 Å². The molecule has 0 aromatic carbocycles. The standard InChI is InChI=1S/C12H28N2/c1-6-7-12(4,9-13)10-14(5)8-11(2)3/h11H,6-10,13H2,1-5H3. The van der Waals surface area contributed by atoms with Crippen LogP contribution < -0.4 is 5.73 Å². The van der Waals surface area contributed by atoms with Crippen LogP contribution in [-0.2, 0) is 0 Å². The van der Waals surface area contributed by atoms with E-state index in [1.54, 1.807) is 0 Å². The van der Waals surface area contributed by atoms with Gasteiger partial charge in [-0.15, -0.1) is 0 Å². The first kappa shape index (κ1) is 13.9. The maximum Gasteiger partial charge on any atom is 0.00445 e. The van der Waals surface area contributed by atoms with Crippen LogP contribution in [0.3, 0.4) is 0 Å². The molecule has 0 saturated heterocycles. The molecule has 0 rings (SSSR count). The maximum absolute atomic E-state index is 5.85. The zero-order chi connectivity index (χ0) is 11.2. The molecular formula is C12H28N2. The molecule has 1 atom stereocenters. The zero-order valence-electron chi connectivity index (χ0n) is 10.6. The largest absolute Gasteiger partial charge is 0.330 e. The molecule has 0 saturated carbocycles. The van der Waals surface area contributed by atoms with Gasteiger partial charge in [0.15, 0.2) is 0 Å². The van der Waals surface area contributed by atoms with E-state index in [1.807, 2.05) is 0 Å². The van der Waals surface area contributed by atoms with Crippen LogP contribution in [0.1, 0.15) is 40.5 Å². The van der Waals surface area contributed by atoms with Crippen molar-refractivity contribution >= 4 is 0 Å². The van der Waals surface area contributed by atoms with Gasteiger partial charge < -0.3 is 10.6 Å². The summed E-state index contributed by atoms with van der Waals surface area (Å²) in [6.45, 7) is 12.1. The van der Waals surface area contributed by atoms with Gasteiger partial charge in [-0.2, -0.15) is 0 Å². The summed E-state index contributed by atoms with van der Waals surface area (Å²) in [7, 11) is 2.20. The van der Waals surface area contributed by atoms with E-state index in [9.17, 15) is 0 Å². The Kier molecular flexibility index (Phi) is 6.38. The van der Waals surface area contributed by atoms with Crippen LogP contribution in [0.15, 0.2) is 0 Å². The summed E-state index contributed by atoms with van der Waals surface area (Å²) in [6, 6.07) is 0. The molecule has 0 bridgehead atoms. The third-order valence-electron chi connectivity index (χ3n) is 2.67. The molecule has 14 heavy (non-hydrogen) atoms. The Morgan fingerprint density at radius 2 is 1.93 bits per heavy atom. The molecule has 0 aromatic rings. The first-order valence-corrected chi connectivity index (χ1v) is 5.82.